The summed E-state index contributed by atoms with van der Waals surface area (Å²) < 4.78 is 3.16. The van der Waals surface area contributed by atoms with E-state index in [-0.39, 0.29) is 0 Å². The summed E-state index contributed by atoms with van der Waals surface area (Å²) in [5.74, 6) is 0.752. The van der Waals surface area contributed by atoms with E-state index in [0.29, 0.717) is 22.9 Å². The maximum Gasteiger partial charge on any atom is 0.329 e. The van der Waals surface area contributed by atoms with E-state index in [1.165, 1.54) is 16.3 Å². The first-order valence-corrected chi connectivity index (χ1v) is 7.52. The number of aromatic nitrogens is 4. The second-order valence-corrected chi connectivity index (χ2v) is 5.80. The average Bonchev–Trinajstić information content (AvgIpc) is 2.75. The maximum atomic E-state index is 12.1. The SMILES string of the molecule is C=C(C)Cn1c(SC/C=C/C)nc2c1c(=O)[nH]c(=O)n2C. The number of hydrogen-bond donors (Lipinski definition) is 1. The van der Waals surface area contributed by atoms with Gasteiger partial charge in [0, 0.05) is 19.3 Å². The Morgan fingerprint density at radius 3 is 2.81 bits per heavy atom. The lowest BCUT2D eigenvalue weighted by Gasteiger charge is -2.07. The number of thioether (sulfide) groups is 1. The highest BCUT2D eigenvalue weighted by atomic mass is 32.2. The van der Waals surface area contributed by atoms with Crippen LogP contribution in [0.15, 0.2) is 39.0 Å². The first-order chi connectivity index (χ1) is 9.95. The molecule has 0 saturated heterocycles. The molecule has 0 saturated carbocycles. The number of fused-ring (bicyclic) bond motifs is 1. The van der Waals surface area contributed by atoms with E-state index in [1.54, 1.807) is 7.05 Å². The van der Waals surface area contributed by atoms with Gasteiger partial charge in [0.25, 0.3) is 5.56 Å². The van der Waals surface area contributed by atoms with E-state index < -0.39 is 11.2 Å². The van der Waals surface area contributed by atoms with Crippen molar-refractivity contribution in [3.63, 3.8) is 0 Å². The Bertz CT molecular complexity index is 826. The predicted octanol–water partition coefficient (Wildman–Crippen LogP) is 1.67. The van der Waals surface area contributed by atoms with Crippen LogP contribution in [0.3, 0.4) is 0 Å². The molecule has 112 valence electrons. The van der Waals surface area contributed by atoms with Crippen molar-refractivity contribution in [2.24, 2.45) is 7.05 Å². The lowest BCUT2D eigenvalue weighted by molar-refractivity contribution is 0.719. The summed E-state index contributed by atoms with van der Waals surface area (Å²) in [6.45, 7) is 8.23. The lowest BCUT2D eigenvalue weighted by Crippen LogP contribution is -2.29. The quantitative estimate of drug-likeness (QED) is 0.673. The van der Waals surface area contributed by atoms with Gasteiger partial charge in [0.1, 0.15) is 0 Å². The molecular weight excluding hydrogens is 288 g/mol. The number of hydrogen-bond acceptors (Lipinski definition) is 4. The van der Waals surface area contributed by atoms with Crippen LogP contribution in [0.2, 0.25) is 0 Å². The van der Waals surface area contributed by atoms with Gasteiger partial charge in [-0.3, -0.25) is 14.3 Å². The van der Waals surface area contributed by atoms with Crippen molar-refractivity contribution in [2.45, 2.75) is 25.5 Å². The zero-order valence-corrected chi connectivity index (χ0v) is 13.2. The monoisotopic (exact) mass is 306 g/mol. The van der Waals surface area contributed by atoms with Crippen molar-refractivity contribution in [3.8, 4) is 0 Å². The van der Waals surface area contributed by atoms with E-state index in [2.05, 4.69) is 16.5 Å². The van der Waals surface area contributed by atoms with Crippen LogP contribution < -0.4 is 11.2 Å². The van der Waals surface area contributed by atoms with Gasteiger partial charge in [0.2, 0.25) is 0 Å². The van der Waals surface area contributed by atoms with Crippen LogP contribution >= 0.6 is 11.8 Å². The van der Waals surface area contributed by atoms with E-state index in [4.69, 9.17) is 0 Å². The Labute approximate surface area is 126 Å². The molecule has 2 aromatic rings. The second kappa shape index (κ2) is 6.17. The summed E-state index contributed by atoms with van der Waals surface area (Å²) in [4.78, 5) is 30.6. The Kier molecular flexibility index (Phi) is 4.52. The maximum absolute atomic E-state index is 12.1. The molecule has 0 aliphatic rings. The molecule has 0 radical (unpaired) electrons. The molecule has 0 fully saturated rings. The van der Waals surface area contributed by atoms with Crippen molar-refractivity contribution in [1.82, 2.24) is 19.1 Å². The molecule has 2 rings (SSSR count). The molecule has 6 nitrogen and oxygen atoms in total. The van der Waals surface area contributed by atoms with Crippen molar-refractivity contribution in [2.75, 3.05) is 5.75 Å². The molecule has 2 heterocycles. The van der Waals surface area contributed by atoms with Crippen molar-refractivity contribution in [1.29, 1.82) is 0 Å². The van der Waals surface area contributed by atoms with Crippen molar-refractivity contribution < 1.29 is 0 Å². The molecule has 0 aliphatic carbocycles. The smallest absolute Gasteiger partial charge is 0.309 e. The number of aryl methyl sites for hydroxylation is 1. The highest BCUT2D eigenvalue weighted by molar-refractivity contribution is 7.99. The molecule has 0 atom stereocenters. The first-order valence-electron chi connectivity index (χ1n) is 6.53. The topological polar surface area (TPSA) is 72.7 Å². The minimum absolute atomic E-state index is 0.396. The third kappa shape index (κ3) is 3.02. The Hall–Kier alpha value is -2.02. The van der Waals surface area contributed by atoms with Gasteiger partial charge in [0.15, 0.2) is 16.3 Å². The molecule has 0 amide bonds. The zero-order chi connectivity index (χ0) is 15.6. The number of imidazole rings is 1. The Morgan fingerprint density at radius 1 is 1.48 bits per heavy atom. The highest BCUT2D eigenvalue weighted by Gasteiger charge is 2.17. The summed E-state index contributed by atoms with van der Waals surface area (Å²) >= 11 is 1.52. The van der Waals surface area contributed by atoms with Crippen LogP contribution in [-0.2, 0) is 13.6 Å². The van der Waals surface area contributed by atoms with Gasteiger partial charge in [-0.15, -0.1) is 0 Å². The fourth-order valence-corrected chi connectivity index (χ4v) is 2.86. The van der Waals surface area contributed by atoms with Gasteiger partial charge in [-0.25, -0.2) is 9.78 Å². The molecular formula is C14H18N4O2S. The van der Waals surface area contributed by atoms with Crippen LogP contribution in [0.25, 0.3) is 11.2 Å². The van der Waals surface area contributed by atoms with E-state index in [1.807, 2.05) is 30.6 Å². The normalized spacial score (nSPS) is 11.6. The molecule has 0 aliphatic heterocycles. The largest absolute Gasteiger partial charge is 0.329 e. The average molecular weight is 306 g/mol. The summed E-state index contributed by atoms with van der Waals surface area (Å²) in [6, 6.07) is 0. The number of nitrogens with one attached hydrogen (secondary N) is 1. The molecule has 0 bridgehead atoms. The third-order valence-corrected chi connectivity index (χ3v) is 3.87. The van der Waals surface area contributed by atoms with Crippen molar-refractivity contribution in [3.05, 3.63) is 45.1 Å². The standard InChI is InChI=1S/C14H18N4O2S/c1-5-6-7-21-14-15-11-10(18(14)8-9(2)3)12(19)16-13(20)17(11)4/h5-6H,2,7-8H2,1,3-4H3,(H,16,19,20)/b6-5+. The number of nitrogens with zero attached hydrogens (tertiary/aromatic N) is 3. The van der Waals surface area contributed by atoms with Crippen LogP contribution in [0.5, 0.6) is 0 Å². The lowest BCUT2D eigenvalue weighted by atomic mass is 10.3. The van der Waals surface area contributed by atoms with Gasteiger partial charge < -0.3 is 4.57 Å². The first kappa shape index (κ1) is 15.4. The third-order valence-electron chi connectivity index (χ3n) is 2.94. The molecule has 0 spiro atoms. The number of aromatic amines is 1. The zero-order valence-electron chi connectivity index (χ0n) is 12.3. The molecule has 1 N–H and O–H groups in total. The minimum atomic E-state index is -0.461. The molecule has 21 heavy (non-hydrogen) atoms. The molecule has 0 aromatic carbocycles. The molecule has 7 heteroatoms. The second-order valence-electron chi connectivity index (χ2n) is 4.81. The fourth-order valence-electron chi connectivity index (χ4n) is 1.96. The highest BCUT2D eigenvalue weighted by Crippen LogP contribution is 2.22. The van der Waals surface area contributed by atoms with Crippen LogP contribution in [0, 0.1) is 0 Å². The van der Waals surface area contributed by atoms with Crippen LogP contribution in [0.1, 0.15) is 13.8 Å². The van der Waals surface area contributed by atoms with E-state index in [0.717, 1.165) is 11.3 Å². The van der Waals surface area contributed by atoms with Gasteiger partial charge >= 0.3 is 5.69 Å². The molecule has 2 aromatic heterocycles. The number of H-pyrrole nitrogens is 1. The predicted molar refractivity (Wildman–Crippen MR) is 85.9 cm³/mol. The Balaban J connectivity index is 2.69. The Morgan fingerprint density at radius 2 is 2.19 bits per heavy atom. The summed E-state index contributed by atoms with van der Waals surface area (Å²) in [5, 5.41) is 0.706. The summed E-state index contributed by atoms with van der Waals surface area (Å²) in [7, 11) is 1.60. The van der Waals surface area contributed by atoms with Gasteiger partial charge in [-0.2, -0.15) is 0 Å². The van der Waals surface area contributed by atoms with Gasteiger partial charge in [-0.05, 0) is 13.8 Å². The van der Waals surface area contributed by atoms with Crippen molar-refractivity contribution >= 4 is 22.9 Å². The van der Waals surface area contributed by atoms with Crippen LogP contribution in [-0.4, -0.2) is 24.9 Å². The van der Waals surface area contributed by atoms with E-state index in [9.17, 15) is 9.59 Å². The summed E-state index contributed by atoms with van der Waals surface area (Å²) in [6.07, 6.45) is 3.97. The number of allylic oxidation sites excluding steroid dienone is 2. The number of rotatable bonds is 5. The van der Waals surface area contributed by atoms with Gasteiger partial charge in [-0.1, -0.05) is 36.1 Å². The summed E-state index contributed by atoms with van der Waals surface area (Å²) in [5.41, 5.74) is 0.837. The van der Waals surface area contributed by atoms with Gasteiger partial charge in [0.05, 0.1) is 0 Å². The minimum Gasteiger partial charge on any atom is -0.309 e. The van der Waals surface area contributed by atoms with Crippen LogP contribution in [0.4, 0.5) is 0 Å². The molecule has 0 unspecified atom stereocenters. The van der Waals surface area contributed by atoms with E-state index >= 15 is 0 Å². The fraction of sp³-hybridized carbons (Fsp3) is 0.357.